The first-order chi connectivity index (χ1) is 5.59. The van der Waals surface area contributed by atoms with Gasteiger partial charge in [-0.25, -0.2) is 0 Å². The van der Waals surface area contributed by atoms with Gasteiger partial charge in [0.15, 0.2) is 0 Å². The Morgan fingerprint density at radius 2 is 2.25 bits per heavy atom. The molecule has 5 heteroatoms. The van der Waals surface area contributed by atoms with Crippen molar-refractivity contribution in [3.63, 3.8) is 0 Å². The van der Waals surface area contributed by atoms with Gasteiger partial charge in [0.25, 0.3) is 0 Å². The van der Waals surface area contributed by atoms with Crippen molar-refractivity contribution in [3.05, 3.63) is 0 Å². The molecule has 5 nitrogen and oxygen atoms in total. The Kier molecular flexibility index (Phi) is 3.02. The van der Waals surface area contributed by atoms with E-state index in [0.29, 0.717) is 12.8 Å². The lowest BCUT2D eigenvalue weighted by Crippen LogP contribution is -2.50. The van der Waals surface area contributed by atoms with Crippen LogP contribution in [-0.2, 0) is 4.79 Å². The molecule has 0 bridgehead atoms. The zero-order chi connectivity index (χ0) is 9.14. The molecular formula is C7H14N2O3. The summed E-state index contributed by atoms with van der Waals surface area (Å²) in [5.41, 5.74) is 5.25. The fraction of sp³-hybridized carbons (Fsp3) is 0.857. The molecule has 0 aromatic heterocycles. The van der Waals surface area contributed by atoms with E-state index in [2.05, 4.69) is 5.32 Å². The molecule has 0 spiro atoms. The van der Waals surface area contributed by atoms with Crippen molar-refractivity contribution in [1.82, 2.24) is 5.32 Å². The lowest BCUT2D eigenvalue weighted by molar-refractivity contribution is -0.138. The summed E-state index contributed by atoms with van der Waals surface area (Å²) in [6.45, 7) is 0.271. The van der Waals surface area contributed by atoms with E-state index in [1.807, 2.05) is 0 Å². The maximum absolute atomic E-state index is 10.3. The second-order valence-electron chi connectivity index (χ2n) is 3.18. The molecule has 0 amide bonds. The first-order valence-electron chi connectivity index (χ1n) is 3.99. The topological polar surface area (TPSA) is 95.6 Å². The third kappa shape index (κ3) is 2.44. The molecule has 1 aliphatic carbocycles. The quantitative estimate of drug-likeness (QED) is 0.416. The van der Waals surface area contributed by atoms with E-state index in [0.717, 1.165) is 0 Å². The van der Waals surface area contributed by atoms with Crippen molar-refractivity contribution in [2.75, 3.05) is 6.54 Å². The summed E-state index contributed by atoms with van der Waals surface area (Å²) in [5, 5.41) is 20.3. The molecule has 1 aliphatic rings. The largest absolute Gasteiger partial charge is 0.480 e. The average molecular weight is 174 g/mol. The van der Waals surface area contributed by atoms with Gasteiger partial charge in [0.1, 0.15) is 6.04 Å². The predicted molar refractivity (Wildman–Crippen MR) is 42.6 cm³/mol. The summed E-state index contributed by atoms with van der Waals surface area (Å²) in [7, 11) is 0. The molecule has 1 rings (SSSR count). The first-order valence-corrected chi connectivity index (χ1v) is 3.99. The van der Waals surface area contributed by atoms with E-state index in [1.54, 1.807) is 0 Å². The van der Waals surface area contributed by atoms with Crippen molar-refractivity contribution in [1.29, 1.82) is 0 Å². The van der Waals surface area contributed by atoms with E-state index >= 15 is 0 Å². The van der Waals surface area contributed by atoms with Gasteiger partial charge < -0.3 is 21.3 Å². The summed E-state index contributed by atoms with van der Waals surface area (Å²) in [4.78, 5) is 10.3. The normalized spacial score (nSPS) is 30.8. The number of nitrogens with one attached hydrogen (secondary N) is 1. The second kappa shape index (κ2) is 3.84. The maximum Gasteiger partial charge on any atom is 0.321 e. The summed E-state index contributed by atoms with van der Waals surface area (Å²) >= 11 is 0. The Morgan fingerprint density at radius 1 is 1.67 bits per heavy atom. The number of rotatable bonds is 4. The number of carboxylic acid groups (broad SMARTS) is 1. The molecule has 1 saturated carbocycles. The van der Waals surface area contributed by atoms with Gasteiger partial charge in [-0.3, -0.25) is 4.79 Å². The van der Waals surface area contributed by atoms with Crippen LogP contribution < -0.4 is 11.1 Å². The highest BCUT2D eigenvalue weighted by atomic mass is 16.4. The third-order valence-corrected chi connectivity index (χ3v) is 2.06. The van der Waals surface area contributed by atoms with Crippen LogP contribution in [0.1, 0.15) is 12.8 Å². The Hall–Kier alpha value is -0.650. The molecule has 0 radical (unpaired) electrons. The minimum absolute atomic E-state index is 0.219. The number of nitrogens with two attached hydrogens (primary N) is 1. The Morgan fingerprint density at radius 3 is 2.67 bits per heavy atom. The van der Waals surface area contributed by atoms with Crippen LogP contribution >= 0.6 is 0 Å². The molecular weight excluding hydrogens is 160 g/mol. The van der Waals surface area contributed by atoms with E-state index in [9.17, 15) is 4.79 Å². The third-order valence-electron chi connectivity index (χ3n) is 2.06. The highest BCUT2D eigenvalue weighted by Crippen LogP contribution is 2.18. The highest BCUT2D eigenvalue weighted by Gasteiger charge is 2.27. The van der Waals surface area contributed by atoms with E-state index in [1.165, 1.54) is 0 Å². The summed E-state index contributed by atoms with van der Waals surface area (Å²) in [5.74, 6) is -0.998. The van der Waals surface area contributed by atoms with Gasteiger partial charge in [-0.1, -0.05) is 0 Å². The van der Waals surface area contributed by atoms with E-state index < -0.39 is 12.0 Å². The molecule has 0 saturated heterocycles. The van der Waals surface area contributed by atoms with Crippen LogP contribution in [0.2, 0.25) is 0 Å². The zero-order valence-electron chi connectivity index (χ0n) is 6.73. The number of carbonyl (C=O) groups is 1. The summed E-state index contributed by atoms with van der Waals surface area (Å²) < 4.78 is 0. The number of hydrogen-bond acceptors (Lipinski definition) is 4. The molecule has 0 aromatic carbocycles. The maximum atomic E-state index is 10.3. The first kappa shape index (κ1) is 9.44. The Balaban J connectivity index is 2.06. The van der Waals surface area contributed by atoms with Crippen molar-refractivity contribution in [2.45, 2.75) is 31.0 Å². The average Bonchev–Trinajstić information content (AvgIpc) is 1.95. The van der Waals surface area contributed by atoms with Gasteiger partial charge in [0, 0.05) is 12.6 Å². The zero-order valence-corrected chi connectivity index (χ0v) is 6.73. The van der Waals surface area contributed by atoms with Gasteiger partial charge in [0.2, 0.25) is 0 Å². The fourth-order valence-electron chi connectivity index (χ4n) is 1.14. The highest BCUT2D eigenvalue weighted by molar-refractivity contribution is 5.73. The van der Waals surface area contributed by atoms with E-state index in [-0.39, 0.29) is 18.7 Å². The van der Waals surface area contributed by atoms with Gasteiger partial charge in [-0.05, 0) is 12.8 Å². The molecule has 0 aromatic rings. The monoisotopic (exact) mass is 174 g/mol. The number of aliphatic hydroxyl groups is 1. The van der Waals surface area contributed by atoms with Crippen molar-refractivity contribution < 1.29 is 15.0 Å². The molecule has 0 heterocycles. The van der Waals surface area contributed by atoms with Gasteiger partial charge in [-0.15, -0.1) is 0 Å². The summed E-state index contributed by atoms with van der Waals surface area (Å²) in [6, 6.07) is -0.604. The predicted octanol–water partition coefficient (Wildman–Crippen LogP) is -1.49. The van der Waals surface area contributed by atoms with Crippen LogP contribution in [0, 0.1) is 0 Å². The van der Waals surface area contributed by atoms with E-state index in [4.69, 9.17) is 15.9 Å². The Labute approximate surface area is 70.6 Å². The van der Waals surface area contributed by atoms with Gasteiger partial charge in [0.05, 0.1) is 6.10 Å². The minimum atomic E-state index is -0.998. The van der Waals surface area contributed by atoms with Crippen LogP contribution in [0.5, 0.6) is 0 Å². The van der Waals surface area contributed by atoms with Crippen molar-refractivity contribution in [3.8, 4) is 0 Å². The molecule has 5 N–H and O–H groups in total. The number of aliphatic hydroxyl groups excluding tert-OH is 1. The molecule has 0 aliphatic heterocycles. The minimum Gasteiger partial charge on any atom is -0.480 e. The molecule has 12 heavy (non-hydrogen) atoms. The Bertz CT molecular complexity index is 168. The molecule has 1 unspecified atom stereocenters. The smallest absolute Gasteiger partial charge is 0.321 e. The van der Waals surface area contributed by atoms with Crippen molar-refractivity contribution in [2.24, 2.45) is 5.73 Å². The lowest BCUT2D eigenvalue weighted by atomic mass is 9.89. The SMILES string of the molecule is NC(CNC1CC(O)C1)C(=O)O. The lowest BCUT2D eigenvalue weighted by Gasteiger charge is -2.32. The van der Waals surface area contributed by atoms with Crippen LogP contribution in [0.4, 0.5) is 0 Å². The number of aliphatic carboxylic acids is 1. The van der Waals surface area contributed by atoms with Gasteiger partial charge >= 0.3 is 5.97 Å². The van der Waals surface area contributed by atoms with Crippen molar-refractivity contribution >= 4 is 5.97 Å². The molecule has 70 valence electrons. The fourth-order valence-corrected chi connectivity index (χ4v) is 1.14. The van der Waals surface area contributed by atoms with Crippen LogP contribution in [-0.4, -0.2) is 40.9 Å². The second-order valence-corrected chi connectivity index (χ2v) is 3.18. The van der Waals surface area contributed by atoms with Crippen LogP contribution in [0.3, 0.4) is 0 Å². The standard InChI is InChI=1S/C7H14N2O3/c8-6(7(11)12)3-9-4-1-5(10)2-4/h4-6,9-10H,1-3,8H2,(H,11,12). The van der Waals surface area contributed by atoms with Crippen LogP contribution in [0.15, 0.2) is 0 Å². The van der Waals surface area contributed by atoms with Crippen LogP contribution in [0.25, 0.3) is 0 Å². The number of carboxylic acids is 1. The van der Waals surface area contributed by atoms with Gasteiger partial charge in [-0.2, -0.15) is 0 Å². The number of hydrogen-bond donors (Lipinski definition) is 4. The molecule has 1 atom stereocenters. The molecule has 1 fully saturated rings. The summed E-state index contributed by atoms with van der Waals surface area (Å²) in [6.07, 6.45) is 1.18.